The number of benzene rings is 2. The van der Waals surface area contributed by atoms with Gasteiger partial charge in [0.05, 0.1) is 11.0 Å². The molecule has 0 spiro atoms. The number of imidazole rings is 1. The van der Waals surface area contributed by atoms with Crippen molar-refractivity contribution < 1.29 is 13.9 Å². The average Bonchev–Trinajstić information content (AvgIpc) is 3.26. The van der Waals surface area contributed by atoms with Gasteiger partial charge in [0.1, 0.15) is 23.0 Å². The molecule has 1 fully saturated rings. The van der Waals surface area contributed by atoms with Crippen LogP contribution in [0.25, 0.3) is 11.0 Å². The van der Waals surface area contributed by atoms with Gasteiger partial charge in [-0.25, -0.2) is 9.37 Å². The van der Waals surface area contributed by atoms with Crippen LogP contribution < -0.4 is 15.4 Å². The van der Waals surface area contributed by atoms with Crippen molar-refractivity contribution >= 4 is 28.6 Å². The van der Waals surface area contributed by atoms with Gasteiger partial charge in [-0.1, -0.05) is 13.8 Å². The third kappa shape index (κ3) is 7.01. The van der Waals surface area contributed by atoms with Crippen molar-refractivity contribution in [2.45, 2.75) is 26.2 Å². The van der Waals surface area contributed by atoms with Crippen LogP contribution in [0.1, 0.15) is 42.2 Å². The van der Waals surface area contributed by atoms with E-state index in [1.165, 1.54) is 6.07 Å². The molecular formula is C31H38FN7O2. The molecule has 216 valence electrons. The van der Waals surface area contributed by atoms with Crippen molar-refractivity contribution in [3.8, 4) is 11.5 Å². The van der Waals surface area contributed by atoms with Crippen LogP contribution in [0, 0.1) is 5.82 Å². The fourth-order valence-corrected chi connectivity index (χ4v) is 4.95. The highest BCUT2D eigenvalue weighted by Crippen LogP contribution is 2.29. The highest BCUT2D eigenvalue weighted by molar-refractivity contribution is 5.92. The maximum Gasteiger partial charge on any atom is 0.270 e. The Hall–Kier alpha value is -4.02. The lowest BCUT2D eigenvalue weighted by molar-refractivity contribution is 0.0944. The highest BCUT2D eigenvalue weighted by atomic mass is 19.1. The summed E-state index contributed by atoms with van der Waals surface area (Å²) in [6, 6.07) is 14.0. The molecule has 0 unspecified atom stereocenters. The minimum Gasteiger partial charge on any atom is -0.457 e. The molecule has 9 nitrogen and oxygen atoms in total. The third-order valence-corrected chi connectivity index (χ3v) is 7.46. The number of anilines is 2. The zero-order valence-corrected chi connectivity index (χ0v) is 24.2. The number of likely N-dealkylation sites (N-methyl/N-ethyl adjacent to an activating group) is 1. The van der Waals surface area contributed by atoms with Crippen molar-refractivity contribution in [1.82, 2.24) is 29.7 Å². The smallest absolute Gasteiger partial charge is 0.270 e. The van der Waals surface area contributed by atoms with Crippen molar-refractivity contribution in [3.63, 3.8) is 0 Å². The number of aromatic nitrogens is 3. The summed E-state index contributed by atoms with van der Waals surface area (Å²) in [6.45, 7) is 9.82. The Labute approximate surface area is 240 Å². The van der Waals surface area contributed by atoms with Gasteiger partial charge < -0.3 is 29.7 Å². The van der Waals surface area contributed by atoms with Gasteiger partial charge in [0, 0.05) is 63.8 Å². The first-order valence-electron chi connectivity index (χ1n) is 14.1. The minimum atomic E-state index is -0.217. The van der Waals surface area contributed by atoms with Crippen LogP contribution in [-0.2, 0) is 7.05 Å². The molecule has 1 aliphatic heterocycles. The number of ether oxygens (including phenoxy) is 1. The zero-order valence-electron chi connectivity index (χ0n) is 24.2. The molecule has 1 amide bonds. The van der Waals surface area contributed by atoms with E-state index in [0.717, 1.165) is 55.9 Å². The average molecular weight is 560 g/mol. The molecule has 0 atom stereocenters. The second-order valence-corrected chi connectivity index (χ2v) is 10.9. The maximum atomic E-state index is 14.2. The summed E-state index contributed by atoms with van der Waals surface area (Å²) in [5.74, 6) is 1.39. The summed E-state index contributed by atoms with van der Waals surface area (Å²) in [4.78, 5) is 26.4. The number of amides is 1. The summed E-state index contributed by atoms with van der Waals surface area (Å²) in [6.07, 6.45) is 2.47. The number of piperazine rings is 1. The van der Waals surface area contributed by atoms with E-state index in [1.54, 1.807) is 24.4 Å². The lowest BCUT2D eigenvalue weighted by Crippen LogP contribution is -2.45. The molecule has 0 aliphatic carbocycles. The summed E-state index contributed by atoms with van der Waals surface area (Å²) in [5, 5.41) is 6.27. The Kier molecular flexibility index (Phi) is 8.80. The molecule has 0 radical (unpaired) electrons. The van der Waals surface area contributed by atoms with Gasteiger partial charge in [0.25, 0.3) is 5.91 Å². The minimum absolute atomic E-state index is 0.0730. The second kappa shape index (κ2) is 12.7. The zero-order chi connectivity index (χ0) is 28.9. The number of pyridine rings is 1. The van der Waals surface area contributed by atoms with Crippen LogP contribution in [0.2, 0.25) is 0 Å². The van der Waals surface area contributed by atoms with Gasteiger partial charge in [-0.15, -0.1) is 0 Å². The first-order valence-corrected chi connectivity index (χ1v) is 14.1. The molecule has 0 saturated carbocycles. The normalized spacial score (nSPS) is 14.5. The summed E-state index contributed by atoms with van der Waals surface area (Å²) in [5.41, 5.74) is 3.39. The molecule has 0 bridgehead atoms. The van der Waals surface area contributed by atoms with Gasteiger partial charge in [0.2, 0.25) is 5.95 Å². The van der Waals surface area contributed by atoms with E-state index in [1.807, 2.05) is 49.7 Å². The molecule has 10 heteroatoms. The van der Waals surface area contributed by atoms with Gasteiger partial charge in [-0.05, 0) is 67.9 Å². The predicted molar refractivity (Wildman–Crippen MR) is 160 cm³/mol. The van der Waals surface area contributed by atoms with Crippen LogP contribution in [0.5, 0.6) is 11.5 Å². The van der Waals surface area contributed by atoms with Gasteiger partial charge in [-0.3, -0.25) is 9.78 Å². The van der Waals surface area contributed by atoms with Crippen molar-refractivity contribution in [3.05, 3.63) is 71.8 Å². The van der Waals surface area contributed by atoms with E-state index < -0.39 is 0 Å². The lowest BCUT2D eigenvalue weighted by Gasteiger charge is -2.32. The lowest BCUT2D eigenvalue weighted by atomic mass is 10.0. The number of hydrogen-bond acceptors (Lipinski definition) is 7. The number of nitrogens with zero attached hydrogens (tertiary/aromatic N) is 5. The Balaban J connectivity index is 1.20. The standard InChI is InChI=1S/C31H38FN7O2/c1-21(2)25-18-22(6-8-26(25)32)35-31-36-27-19-23(7-9-29(27)38(31)4)41-24-10-12-33-28(20-24)30(40)34-11-5-13-39-16-14-37(3)15-17-39/h6-10,12,18-21H,5,11,13-17H2,1-4H3,(H,34,40)(H,35,36). The molecule has 41 heavy (non-hydrogen) atoms. The summed E-state index contributed by atoms with van der Waals surface area (Å²) >= 11 is 0. The van der Waals surface area contributed by atoms with Crippen molar-refractivity contribution in [1.29, 1.82) is 0 Å². The molecule has 2 aromatic carbocycles. The van der Waals surface area contributed by atoms with Crippen molar-refractivity contribution in [2.75, 3.05) is 51.6 Å². The maximum absolute atomic E-state index is 14.2. The number of fused-ring (bicyclic) bond motifs is 1. The Bertz CT molecular complexity index is 1510. The van der Waals surface area contributed by atoms with Crippen LogP contribution in [0.3, 0.4) is 0 Å². The molecule has 2 aromatic heterocycles. The fourth-order valence-electron chi connectivity index (χ4n) is 4.95. The molecule has 5 rings (SSSR count). The van der Waals surface area contributed by atoms with Crippen LogP contribution in [0.15, 0.2) is 54.7 Å². The highest BCUT2D eigenvalue weighted by Gasteiger charge is 2.15. The third-order valence-electron chi connectivity index (χ3n) is 7.46. The van der Waals surface area contributed by atoms with Crippen molar-refractivity contribution in [2.24, 2.45) is 7.05 Å². The Morgan fingerprint density at radius 3 is 2.59 bits per heavy atom. The van der Waals surface area contributed by atoms with E-state index in [4.69, 9.17) is 9.72 Å². The van der Waals surface area contributed by atoms with Gasteiger partial charge in [-0.2, -0.15) is 0 Å². The Morgan fingerprint density at radius 1 is 1.02 bits per heavy atom. The molecular weight excluding hydrogens is 521 g/mol. The quantitative estimate of drug-likeness (QED) is 0.260. The number of halogens is 1. The summed E-state index contributed by atoms with van der Waals surface area (Å²) in [7, 11) is 4.07. The van der Waals surface area contributed by atoms with Gasteiger partial charge >= 0.3 is 0 Å². The number of carbonyl (C=O) groups is 1. The molecule has 2 N–H and O–H groups in total. The topological polar surface area (TPSA) is 87.6 Å². The fraction of sp³-hybridized carbons (Fsp3) is 0.387. The first kappa shape index (κ1) is 28.5. The second-order valence-electron chi connectivity index (χ2n) is 10.9. The van der Waals surface area contributed by atoms with E-state index in [2.05, 4.69) is 32.5 Å². The van der Waals surface area contributed by atoms with Crippen LogP contribution in [0.4, 0.5) is 16.0 Å². The number of aryl methyl sites for hydroxylation is 1. The number of hydrogen-bond donors (Lipinski definition) is 2. The summed E-state index contributed by atoms with van der Waals surface area (Å²) < 4.78 is 22.2. The van der Waals surface area contributed by atoms with Gasteiger partial charge in [0.15, 0.2) is 0 Å². The molecule has 3 heterocycles. The van der Waals surface area contributed by atoms with Crippen LogP contribution >= 0.6 is 0 Å². The van der Waals surface area contributed by atoms with E-state index >= 15 is 0 Å². The van der Waals surface area contributed by atoms with E-state index in [9.17, 15) is 9.18 Å². The molecule has 1 saturated heterocycles. The monoisotopic (exact) mass is 559 g/mol. The SMILES string of the molecule is CC(C)c1cc(Nc2nc3cc(Oc4ccnc(C(=O)NCCCN5CCN(C)CC5)c4)ccc3n2C)ccc1F. The Morgan fingerprint density at radius 2 is 1.80 bits per heavy atom. The molecule has 1 aliphatic rings. The number of carbonyl (C=O) groups excluding carboxylic acids is 1. The number of nitrogens with one attached hydrogen (secondary N) is 2. The largest absolute Gasteiger partial charge is 0.457 e. The van der Waals surface area contributed by atoms with Crippen LogP contribution in [-0.4, -0.2) is 76.6 Å². The molecule has 4 aromatic rings. The number of rotatable bonds is 10. The van der Waals surface area contributed by atoms with E-state index in [0.29, 0.717) is 35.2 Å². The van der Waals surface area contributed by atoms with E-state index in [-0.39, 0.29) is 17.6 Å². The predicted octanol–water partition coefficient (Wildman–Crippen LogP) is 5.13. The first-order chi connectivity index (χ1) is 19.8.